The Labute approximate surface area is 141 Å². The molecule has 0 fully saturated rings. The fraction of sp³-hybridized carbons (Fsp3) is 0.294. The normalized spacial score (nSPS) is 16.8. The van der Waals surface area contributed by atoms with E-state index in [1.807, 2.05) is 6.92 Å². The van der Waals surface area contributed by atoms with Gasteiger partial charge in [-0.25, -0.2) is 13.2 Å². The molecule has 0 bridgehead atoms. The molecule has 7 heteroatoms. The van der Waals surface area contributed by atoms with E-state index in [0.29, 0.717) is 23.2 Å². The summed E-state index contributed by atoms with van der Waals surface area (Å²) in [4.78, 5) is 15.5. The number of sulfonamides is 1. The summed E-state index contributed by atoms with van der Waals surface area (Å²) in [5, 5.41) is 0. The van der Waals surface area contributed by atoms with E-state index in [1.165, 1.54) is 11.4 Å². The van der Waals surface area contributed by atoms with E-state index in [0.717, 1.165) is 5.56 Å². The third kappa shape index (κ3) is 2.99. The van der Waals surface area contributed by atoms with E-state index >= 15 is 0 Å². The third-order valence-electron chi connectivity index (χ3n) is 4.05. The highest BCUT2D eigenvalue weighted by molar-refractivity contribution is 7.92. The van der Waals surface area contributed by atoms with E-state index < -0.39 is 16.0 Å². The zero-order valence-corrected chi connectivity index (χ0v) is 14.3. The topological polar surface area (TPSA) is 76.6 Å². The van der Waals surface area contributed by atoms with Crippen LogP contribution >= 0.6 is 0 Å². The van der Waals surface area contributed by atoms with Crippen LogP contribution in [0.2, 0.25) is 0 Å². The molecule has 1 unspecified atom stereocenters. The SMILES string of the molecule is COC(=O)c1ccc(CS(=O)(=O)N2c3ccncc3CC2C)cc1. The van der Waals surface area contributed by atoms with Crippen LogP contribution in [0.5, 0.6) is 0 Å². The van der Waals surface area contributed by atoms with E-state index in [1.54, 1.807) is 42.7 Å². The molecule has 6 nitrogen and oxygen atoms in total. The summed E-state index contributed by atoms with van der Waals surface area (Å²) in [6.07, 6.45) is 3.97. The summed E-state index contributed by atoms with van der Waals surface area (Å²) < 4.78 is 31.8. The molecule has 3 rings (SSSR count). The molecule has 0 saturated carbocycles. The number of fused-ring (bicyclic) bond motifs is 1. The van der Waals surface area contributed by atoms with Gasteiger partial charge < -0.3 is 4.74 Å². The largest absolute Gasteiger partial charge is 0.465 e. The molecule has 24 heavy (non-hydrogen) atoms. The highest BCUT2D eigenvalue weighted by Crippen LogP contribution is 2.34. The zero-order chi connectivity index (χ0) is 17.3. The summed E-state index contributed by atoms with van der Waals surface area (Å²) in [5.74, 6) is -0.570. The highest BCUT2D eigenvalue weighted by Gasteiger charge is 2.34. The van der Waals surface area contributed by atoms with Gasteiger partial charge in [-0.15, -0.1) is 0 Å². The van der Waals surface area contributed by atoms with Gasteiger partial charge in [0, 0.05) is 18.4 Å². The first kappa shape index (κ1) is 16.4. The predicted octanol–water partition coefficient (Wildman–Crippen LogP) is 2.15. The standard InChI is InChI=1S/C17H18N2O4S/c1-12-9-15-10-18-8-7-16(15)19(12)24(21,22)11-13-3-5-14(6-4-13)17(20)23-2/h3-8,10,12H,9,11H2,1-2H3. The fourth-order valence-corrected chi connectivity index (χ4v) is 4.84. The summed E-state index contributed by atoms with van der Waals surface area (Å²) in [7, 11) is -2.22. The lowest BCUT2D eigenvalue weighted by Gasteiger charge is -2.24. The van der Waals surface area contributed by atoms with Crippen molar-refractivity contribution in [3.8, 4) is 0 Å². The van der Waals surface area contributed by atoms with Crippen LogP contribution in [0.15, 0.2) is 42.7 Å². The van der Waals surface area contributed by atoms with Crippen molar-refractivity contribution in [3.05, 3.63) is 59.4 Å². The average molecular weight is 346 g/mol. The Morgan fingerprint density at radius 1 is 1.29 bits per heavy atom. The molecule has 0 spiro atoms. The molecule has 126 valence electrons. The van der Waals surface area contributed by atoms with Gasteiger partial charge in [0.2, 0.25) is 10.0 Å². The van der Waals surface area contributed by atoms with Crippen molar-refractivity contribution < 1.29 is 17.9 Å². The van der Waals surface area contributed by atoms with Gasteiger partial charge in [-0.1, -0.05) is 12.1 Å². The number of pyridine rings is 1. The molecule has 0 amide bonds. The molecule has 1 atom stereocenters. The van der Waals surface area contributed by atoms with Crippen molar-refractivity contribution in [1.29, 1.82) is 0 Å². The van der Waals surface area contributed by atoms with Crippen LogP contribution in [0.1, 0.15) is 28.4 Å². The van der Waals surface area contributed by atoms with Crippen molar-refractivity contribution in [2.45, 2.75) is 25.1 Å². The Morgan fingerprint density at radius 2 is 2.00 bits per heavy atom. The van der Waals surface area contributed by atoms with Gasteiger partial charge in [0.1, 0.15) is 0 Å². The number of aromatic nitrogens is 1. The maximum atomic E-state index is 12.9. The zero-order valence-electron chi connectivity index (χ0n) is 13.5. The molecule has 1 aromatic heterocycles. The molecule has 0 aliphatic carbocycles. The number of hydrogen-bond acceptors (Lipinski definition) is 5. The van der Waals surface area contributed by atoms with Gasteiger partial charge in [0.15, 0.2) is 0 Å². The van der Waals surface area contributed by atoms with E-state index in [2.05, 4.69) is 9.72 Å². The second-order valence-corrected chi connectivity index (χ2v) is 7.64. The maximum absolute atomic E-state index is 12.9. The highest BCUT2D eigenvalue weighted by atomic mass is 32.2. The van der Waals surface area contributed by atoms with Gasteiger partial charge in [-0.3, -0.25) is 9.29 Å². The Balaban J connectivity index is 1.85. The minimum absolute atomic E-state index is 0.124. The van der Waals surface area contributed by atoms with Crippen LogP contribution in [0.25, 0.3) is 0 Å². The van der Waals surface area contributed by atoms with Crippen molar-refractivity contribution in [1.82, 2.24) is 4.98 Å². The first-order valence-electron chi connectivity index (χ1n) is 7.54. The molecule has 0 saturated heterocycles. The molecule has 1 aliphatic rings. The average Bonchev–Trinajstić information content (AvgIpc) is 2.91. The Kier molecular flexibility index (Phi) is 4.28. The van der Waals surface area contributed by atoms with Crippen LogP contribution in [-0.4, -0.2) is 32.5 Å². The van der Waals surface area contributed by atoms with Gasteiger partial charge in [0.05, 0.1) is 24.1 Å². The summed E-state index contributed by atoms with van der Waals surface area (Å²) in [5.41, 5.74) is 2.65. The van der Waals surface area contributed by atoms with Crippen LogP contribution in [-0.2, 0) is 26.9 Å². The monoisotopic (exact) mass is 346 g/mol. The number of benzene rings is 1. The number of carbonyl (C=O) groups excluding carboxylic acids is 1. The number of ether oxygens (including phenoxy) is 1. The van der Waals surface area contributed by atoms with Crippen LogP contribution < -0.4 is 4.31 Å². The molecular weight excluding hydrogens is 328 g/mol. The van der Waals surface area contributed by atoms with Crippen LogP contribution in [0, 0.1) is 0 Å². The number of rotatable bonds is 4. The van der Waals surface area contributed by atoms with Gasteiger partial charge in [-0.2, -0.15) is 0 Å². The van der Waals surface area contributed by atoms with E-state index in [4.69, 9.17) is 0 Å². The van der Waals surface area contributed by atoms with Crippen molar-refractivity contribution in [2.24, 2.45) is 0 Å². The van der Waals surface area contributed by atoms with Crippen molar-refractivity contribution >= 4 is 21.7 Å². The molecule has 1 aliphatic heterocycles. The van der Waals surface area contributed by atoms with Crippen molar-refractivity contribution in [3.63, 3.8) is 0 Å². The Hall–Kier alpha value is -2.41. The number of hydrogen-bond donors (Lipinski definition) is 0. The van der Waals surface area contributed by atoms with E-state index in [9.17, 15) is 13.2 Å². The first-order chi connectivity index (χ1) is 11.4. The lowest BCUT2D eigenvalue weighted by Crippen LogP contribution is -2.36. The van der Waals surface area contributed by atoms with Gasteiger partial charge in [0.25, 0.3) is 0 Å². The molecule has 1 aromatic carbocycles. The van der Waals surface area contributed by atoms with Crippen LogP contribution in [0.3, 0.4) is 0 Å². The number of anilines is 1. The molecule has 2 aromatic rings. The lowest BCUT2D eigenvalue weighted by atomic mass is 10.1. The van der Waals surface area contributed by atoms with Crippen molar-refractivity contribution in [2.75, 3.05) is 11.4 Å². The Bertz CT molecular complexity index is 862. The minimum Gasteiger partial charge on any atom is -0.465 e. The second-order valence-electron chi connectivity index (χ2n) is 5.80. The molecule has 0 N–H and O–H groups in total. The molecular formula is C17H18N2O4S. The summed E-state index contributed by atoms with van der Waals surface area (Å²) >= 11 is 0. The number of carbonyl (C=O) groups is 1. The maximum Gasteiger partial charge on any atom is 0.337 e. The quantitative estimate of drug-likeness (QED) is 0.793. The molecule has 2 heterocycles. The smallest absolute Gasteiger partial charge is 0.337 e. The van der Waals surface area contributed by atoms with E-state index in [-0.39, 0.29) is 11.8 Å². The Morgan fingerprint density at radius 3 is 2.67 bits per heavy atom. The fourth-order valence-electron chi connectivity index (χ4n) is 2.99. The van der Waals surface area contributed by atoms with Gasteiger partial charge in [-0.05, 0) is 42.7 Å². The second kappa shape index (κ2) is 6.24. The third-order valence-corrected chi connectivity index (χ3v) is 5.91. The summed E-state index contributed by atoms with van der Waals surface area (Å²) in [6, 6.07) is 8.01. The van der Waals surface area contributed by atoms with Crippen LogP contribution in [0.4, 0.5) is 5.69 Å². The molecule has 0 radical (unpaired) electrons. The number of nitrogens with zero attached hydrogens (tertiary/aromatic N) is 2. The minimum atomic E-state index is -3.52. The number of methoxy groups -OCH3 is 1. The van der Waals surface area contributed by atoms with Gasteiger partial charge >= 0.3 is 5.97 Å². The summed E-state index contributed by atoms with van der Waals surface area (Å²) in [6.45, 7) is 1.89. The first-order valence-corrected chi connectivity index (χ1v) is 9.15. The predicted molar refractivity (Wildman–Crippen MR) is 90.3 cm³/mol. The number of esters is 1. The lowest BCUT2D eigenvalue weighted by molar-refractivity contribution is 0.0600.